The van der Waals surface area contributed by atoms with Crippen LogP contribution in [0.1, 0.15) is 24.8 Å². The highest BCUT2D eigenvalue weighted by atomic mass is 32.1. The maximum atomic E-state index is 5.56. The van der Waals surface area contributed by atoms with E-state index in [4.69, 9.17) is 21.7 Å². The molecule has 0 bridgehead atoms. The molecule has 0 amide bonds. The first-order valence-corrected chi connectivity index (χ1v) is 6.68. The molecule has 98 valence electrons. The lowest BCUT2D eigenvalue weighted by Gasteiger charge is -2.29. The molecule has 0 aromatic heterocycles. The first-order chi connectivity index (χ1) is 8.76. The first-order valence-electron chi connectivity index (χ1n) is 6.27. The molecule has 0 unspecified atom stereocenters. The van der Waals surface area contributed by atoms with Gasteiger partial charge in [-0.1, -0.05) is 12.2 Å². The van der Waals surface area contributed by atoms with Gasteiger partial charge in [-0.15, -0.1) is 0 Å². The molecular weight excluding hydrogens is 246 g/mol. The molecule has 0 atom stereocenters. The van der Waals surface area contributed by atoms with Crippen LogP contribution in [0.2, 0.25) is 0 Å². The average molecular weight is 265 g/mol. The van der Waals surface area contributed by atoms with Crippen LogP contribution in [0, 0.1) is 0 Å². The number of thiocarbonyl (C=S) groups is 1. The third-order valence-electron chi connectivity index (χ3n) is 3.27. The van der Waals surface area contributed by atoms with Gasteiger partial charge in [0, 0.05) is 18.7 Å². The van der Waals surface area contributed by atoms with E-state index in [1.807, 2.05) is 18.2 Å². The molecule has 3 nitrogen and oxygen atoms in total. The van der Waals surface area contributed by atoms with Crippen LogP contribution in [-0.2, 0) is 0 Å². The predicted octanol–water partition coefficient (Wildman–Crippen LogP) is 2.87. The second-order valence-corrected chi connectivity index (χ2v) is 4.81. The van der Waals surface area contributed by atoms with Crippen LogP contribution in [0.15, 0.2) is 18.2 Å². The molecule has 2 rings (SSSR count). The largest absolute Gasteiger partial charge is 0.493 e. The normalized spacial score (nSPS) is 15.3. The molecular formula is C14H19NO2S. The summed E-state index contributed by atoms with van der Waals surface area (Å²) in [6.45, 7) is 2.13. The highest BCUT2D eigenvalue weighted by Crippen LogP contribution is 2.28. The molecule has 0 spiro atoms. The van der Waals surface area contributed by atoms with Crippen LogP contribution in [0.3, 0.4) is 0 Å². The number of likely N-dealkylation sites (tertiary alicyclic amines) is 1. The van der Waals surface area contributed by atoms with Crippen molar-refractivity contribution >= 4 is 17.2 Å². The minimum Gasteiger partial charge on any atom is -0.493 e. The minimum absolute atomic E-state index is 0.731. The monoisotopic (exact) mass is 265 g/mol. The summed E-state index contributed by atoms with van der Waals surface area (Å²) < 4.78 is 10.5. The number of nitrogens with zero attached hydrogens (tertiary/aromatic N) is 1. The molecule has 4 heteroatoms. The fourth-order valence-electron chi connectivity index (χ4n) is 2.25. The third-order valence-corrected chi connectivity index (χ3v) is 3.77. The summed E-state index contributed by atoms with van der Waals surface area (Å²) in [6, 6.07) is 5.86. The van der Waals surface area contributed by atoms with E-state index in [1.54, 1.807) is 14.2 Å². The fourth-order valence-corrected chi connectivity index (χ4v) is 2.56. The van der Waals surface area contributed by atoms with Crippen molar-refractivity contribution in [3.05, 3.63) is 23.8 Å². The maximum absolute atomic E-state index is 5.56. The number of benzene rings is 1. The molecule has 0 aliphatic carbocycles. The van der Waals surface area contributed by atoms with E-state index in [0.29, 0.717) is 0 Å². The molecule has 0 N–H and O–H groups in total. The van der Waals surface area contributed by atoms with Crippen molar-refractivity contribution in [2.24, 2.45) is 0 Å². The zero-order valence-electron chi connectivity index (χ0n) is 10.9. The van der Waals surface area contributed by atoms with Crippen molar-refractivity contribution in [2.45, 2.75) is 19.3 Å². The minimum atomic E-state index is 0.731. The first kappa shape index (κ1) is 13.1. The van der Waals surface area contributed by atoms with Crippen molar-refractivity contribution in [1.82, 2.24) is 4.90 Å². The quantitative estimate of drug-likeness (QED) is 0.783. The Morgan fingerprint density at radius 3 is 2.33 bits per heavy atom. The van der Waals surface area contributed by atoms with Gasteiger partial charge in [-0.2, -0.15) is 0 Å². The maximum Gasteiger partial charge on any atom is 0.161 e. The van der Waals surface area contributed by atoms with Gasteiger partial charge in [-0.05, 0) is 37.5 Å². The highest BCUT2D eigenvalue weighted by molar-refractivity contribution is 7.80. The number of piperidine rings is 1. The lowest BCUT2D eigenvalue weighted by atomic mass is 10.1. The molecule has 1 aliphatic heterocycles. The van der Waals surface area contributed by atoms with Crippen molar-refractivity contribution < 1.29 is 9.47 Å². The number of hydrogen-bond acceptors (Lipinski definition) is 3. The van der Waals surface area contributed by atoms with Crippen LogP contribution in [0.4, 0.5) is 0 Å². The Morgan fingerprint density at radius 1 is 1.06 bits per heavy atom. The predicted molar refractivity (Wildman–Crippen MR) is 76.7 cm³/mol. The van der Waals surface area contributed by atoms with Gasteiger partial charge in [0.15, 0.2) is 11.5 Å². The molecule has 1 fully saturated rings. The van der Waals surface area contributed by atoms with Crippen LogP contribution >= 0.6 is 12.2 Å². The van der Waals surface area contributed by atoms with Gasteiger partial charge in [-0.25, -0.2) is 0 Å². The van der Waals surface area contributed by atoms with Crippen molar-refractivity contribution in [2.75, 3.05) is 27.3 Å². The summed E-state index contributed by atoms with van der Waals surface area (Å²) in [7, 11) is 3.28. The fraction of sp³-hybridized carbons (Fsp3) is 0.500. The van der Waals surface area contributed by atoms with Gasteiger partial charge in [0.05, 0.1) is 14.2 Å². The van der Waals surface area contributed by atoms with Gasteiger partial charge in [0.2, 0.25) is 0 Å². The summed E-state index contributed by atoms with van der Waals surface area (Å²) >= 11 is 5.56. The zero-order valence-corrected chi connectivity index (χ0v) is 11.8. The molecule has 18 heavy (non-hydrogen) atoms. The van der Waals surface area contributed by atoms with Gasteiger partial charge < -0.3 is 14.4 Å². The second kappa shape index (κ2) is 6.05. The SMILES string of the molecule is COc1ccc(C(=S)N2CCCCC2)cc1OC. The number of hydrogen-bond donors (Lipinski definition) is 0. The van der Waals surface area contributed by atoms with E-state index in [9.17, 15) is 0 Å². The van der Waals surface area contributed by atoms with E-state index in [1.165, 1.54) is 19.3 Å². The Balaban J connectivity index is 2.19. The van der Waals surface area contributed by atoms with E-state index in [2.05, 4.69) is 4.90 Å². The summed E-state index contributed by atoms with van der Waals surface area (Å²) in [6.07, 6.45) is 3.77. The molecule has 1 saturated heterocycles. The van der Waals surface area contributed by atoms with E-state index >= 15 is 0 Å². The lowest BCUT2D eigenvalue weighted by molar-refractivity contribution is 0.346. The summed E-state index contributed by atoms with van der Waals surface area (Å²) in [5, 5.41) is 0. The van der Waals surface area contributed by atoms with Gasteiger partial charge in [-0.3, -0.25) is 0 Å². The van der Waals surface area contributed by atoms with Crippen LogP contribution in [-0.4, -0.2) is 37.2 Å². The summed E-state index contributed by atoms with van der Waals surface area (Å²) in [5.41, 5.74) is 1.03. The number of ether oxygens (including phenoxy) is 2. The standard InChI is InChI=1S/C14H19NO2S/c1-16-12-7-6-11(10-13(12)17-2)14(18)15-8-4-3-5-9-15/h6-7,10H,3-5,8-9H2,1-2H3. The third kappa shape index (κ3) is 2.75. The van der Waals surface area contributed by atoms with E-state index in [-0.39, 0.29) is 0 Å². The molecule has 1 aliphatic rings. The number of methoxy groups -OCH3 is 2. The average Bonchev–Trinajstić information content (AvgIpc) is 2.46. The van der Waals surface area contributed by atoms with Crippen LogP contribution in [0.5, 0.6) is 11.5 Å². The molecule has 1 heterocycles. The van der Waals surface area contributed by atoms with E-state index in [0.717, 1.165) is 35.1 Å². The van der Waals surface area contributed by atoms with E-state index < -0.39 is 0 Å². The Labute approximate surface area is 114 Å². The Morgan fingerprint density at radius 2 is 1.72 bits per heavy atom. The van der Waals surface area contributed by atoms with Gasteiger partial charge in [0.1, 0.15) is 4.99 Å². The highest BCUT2D eigenvalue weighted by Gasteiger charge is 2.16. The van der Waals surface area contributed by atoms with Gasteiger partial charge in [0.25, 0.3) is 0 Å². The Kier molecular flexibility index (Phi) is 4.42. The van der Waals surface area contributed by atoms with Crippen LogP contribution in [0.25, 0.3) is 0 Å². The molecule has 1 aromatic rings. The van der Waals surface area contributed by atoms with Crippen molar-refractivity contribution in [3.8, 4) is 11.5 Å². The van der Waals surface area contributed by atoms with Crippen LogP contribution < -0.4 is 9.47 Å². The molecule has 0 saturated carbocycles. The topological polar surface area (TPSA) is 21.7 Å². The molecule has 0 radical (unpaired) electrons. The summed E-state index contributed by atoms with van der Waals surface area (Å²) in [4.78, 5) is 3.19. The van der Waals surface area contributed by atoms with Crippen molar-refractivity contribution in [3.63, 3.8) is 0 Å². The zero-order chi connectivity index (χ0) is 13.0. The van der Waals surface area contributed by atoms with Gasteiger partial charge >= 0.3 is 0 Å². The summed E-state index contributed by atoms with van der Waals surface area (Å²) in [5.74, 6) is 1.47. The van der Waals surface area contributed by atoms with Crippen molar-refractivity contribution in [1.29, 1.82) is 0 Å². The number of rotatable bonds is 3. The smallest absolute Gasteiger partial charge is 0.161 e. The lowest BCUT2D eigenvalue weighted by Crippen LogP contribution is -2.34. The second-order valence-electron chi connectivity index (χ2n) is 4.42. The Bertz CT molecular complexity index is 428. The Hall–Kier alpha value is -1.29. The molecule has 1 aromatic carbocycles.